The maximum absolute atomic E-state index is 12.1. The lowest BCUT2D eigenvalue weighted by molar-refractivity contribution is 0.0827. The average Bonchev–Trinajstić information content (AvgIpc) is 2.80. The standard InChI is InChI=1S/C24H27N5O2/c1-29(2)23(31)16-9-11-18(12-10-16)26-24-27-20(17-6-5-13-25-15-17)14-21(28-24)19-7-3-4-8-22(19)30/h3-4,7-12,14,17,25,30H,5-6,13,15H2,1-2H3,(H,26,27,28). The Labute approximate surface area is 182 Å². The number of aromatic hydroxyl groups is 1. The number of piperidine rings is 1. The highest BCUT2D eigenvalue weighted by molar-refractivity contribution is 5.94. The first-order valence-corrected chi connectivity index (χ1v) is 10.5. The molecule has 1 amide bonds. The summed E-state index contributed by atoms with van der Waals surface area (Å²) in [4.78, 5) is 23.1. The van der Waals surface area contributed by atoms with Gasteiger partial charge in [0.25, 0.3) is 5.91 Å². The number of phenolic OH excluding ortho intramolecular Hbond substituents is 1. The number of aromatic nitrogens is 2. The molecule has 1 fully saturated rings. The van der Waals surface area contributed by atoms with Gasteiger partial charge in [0.1, 0.15) is 5.75 Å². The number of phenols is 1. The predicted molar refractivity (Wildman–Crippen MR) is 122 cm³/mol. The van der Waals surface area contributed by atoms with Gasteiger partial charge in [-0.15, -0.1) is 0 Å². The van der Waals surface area contributed by atoms with Crippen molar-refractivity contribution in [3.05, 3.63) is 65.9 Å². The van der Waals surface area contributed by atoms with Crippen LogP contribution in [0, 0.1) is 0 Å². The van der Waals surface area contributed by atoms with E-state index in [0.29, 0.717) is 28.7 Å². The van der Waals surface area contributed by atoms with Gasteiger partial charge in [-0.2, -0.15) is 0 Å². The van der Waals surface area contributed by atoms with Crippen LogP contribution in [0.2, 0.25) is 0 Å². The van der Waals surface area contributed by atoms with E-state index in [2.05, 4.69) is 15.6 Å². The third kappa shape index (κ3) is 4.83. The number of rotatable bonds is 5. The summed E-state index contributed by atoms with van der Waals surface area (Å²) in [6.45, 7) is 1.90. The summed E-state index contributed by atoms with van der Waals surface area (Å²) in [5.74, 6) is 0.901. The van der Waals surface area contributed by atoms with Crippen molar-refractivity contribution in [2.75, 3.05) is 32.5 Å². The zero-order valence-corrected chi connectivity index (χ0v) is 17.8. The maximum Gasteiger partial charge on any atom is 0.253 e. The van der Waals surface area contributed by atoms with Gasteiger partial charge in [-0.25, -0.2) is 9.97 Å². The van der Waals surface area contributed by atoms with E-state index < -0.39 is 0 Å². The molecule has 160 valence electrons. The van der Waals surface area contributed by atoms with E-state index in [9.17, 15) is 9.90 Å². The molecular formula is C24H27N5O2. The van der Waals surface area contributed by atoms with Crippen LogP contribution >= 0.6 is 0 Å². The molecule has 4 rings (SSSR count). The van der Waals surface area contributed by atoms with E-state index in [1.54, 1.807) is 43.3 Å². The van der Waals surface area contributed by atoms with Crippen LogP contribution in [0.15, 0.2) is 54.6 Å². The number of carbonyl (C=O) groups is 1. The largest absolute Gasteiger partial charge is 0.507 e. The zero-order valence-electron chi connectivity index (χ0n) is 17.8. The number of benzene rings is 2. The summed E-state index contributed by atoms with van der Waals surface area (Å²) < 4.78 is 0. The molecule has 2 aromatic carbocycles. The highest BCUT2D eigenvalue weighted by Crippen LogP contribution is 2.31. The van der Waals surface area contributed by atoms with Crippen LogP contribution in [-0.2, 0) is 0 Å². The number of hydrogen-bond acceptors (Lipinski definition) is 6. The van der Waals surface area contributed by atoms with Gasteiger partial charge in [0.2, 0.25) is 5.95 Å². The lowest BCUT2D eigenvalue weighted by Crippen LogP contribution is -2.29. The SMILES string of the molecule is CN(C)C(=O)c1ccc(Nc2nc(-c3ccccc3O)cc(C3CCCNC3)n2)cc1. The summed E-state index contributed by atoms with van der Waals surface area (Å²) in [6.07, 6.45) is 2.16. The molecule has 1 saturated heterocycles. The first kappa shape index (κ1) is 20.8. The normalized spacial score (nSPS) is 16.0. The molecule has 0 aliphatic carbocycles. The Morgan fingerprint density at radius 1 is 1.13 bits per heavy atom. The molecule has 2 heterocycles. The highest BCUT2D eigenvalue weighted by atomic mass is 16.3. The predicted octanol–water partition coefficient (Wildman–Crippen LogP) is 3.76. The Hall–Kier alpha value is -3.45. The van der Waals surface area contributed by atoms with Gasteiger partial charge >= 0.3 is 0 Å². The Bertz CT molecular complexity index is 1060. The molecule has 1 unspecified atom stereocenters. The van der Waals surface area contributed by atoms with Crippen LogP contribution < -0.4 is 10.6 Å². The quantitative estimate of drug-likeness (QED) is 0.586. The molecular weight excluding hydrogens is 390 g/mol. The van der Waals surface area contributed by atoms with E-state index in [4.69, 9.17) is 4.98 Å². The number of carbonyl (C=O) groups excluding carboxylic acids is 1. The molecule has 0 spiro atoms. The first-order chi connectivity index (χ1) is 15.0. The number of anilines is 2. The van der Waals surface area contributed by atoms with Gasteiger partial charge in [0.05, 0.1) is 11.4 Å². The van der Waals surface area contributed by atoms with E-state index in [1.165, 1.54) is 0 Å². The van der Waals surface area contributed by atoms with E-state index in [0.717, 1.165) is 37.3 Å². The molecule has 0 bridgehead atoms. The average molecular weight is 418 g/mol. The van der Waals surface area contributed by atoms with Crippen LogP contribution in [0.1, 0.15) is 34.8 Å². The van der Waals surface area contributed by atoms with Crippen molar-refractivity contribution in [1.82, 2.24) is 20.2 Å². The minimum absolute atomic E-state index is 0.0450. The minimum atomic E-state index is -0.0450. The van der Waals surface area contributed by atoms with Gasteiger partial charge < -0.3 is 20.6 Å². The summed E-state index contributed by atoms with van der Waals surface area (Å²) in [6, 6.07) is 16.4. The van der Waals surface area contributed by atoms with Crippen molar-refractivity contribution in [2.24, 2.45) is 0 Å². The zero-order chi connectivity index (χ0) is 21.8. The fourth-order valence-electron chi connectivity index (χ4n) is 3.75. The second kappa shape index (κ2) is 9.14. The van der Waals surface area contributed by atoms with Crippen molar-refractivity contribution < 1.29 is 9.90 Å². The van der Waals surface area contributed by atoms with Gasteiger partial charge in [-0.05, 0) is 61.9 Å². The number of hydrogen-bond donors (Lipinski definition) is 3. The second-order valence-corrected chi connectivity index (χ2v) is 7.96. The third-order valence-electron chi connectivity index (χ3n) is 5.44. The van der Waals surface area contributed by atoms with Crippen molar-refractivity contribution in [3.63, 3.8) is 0 Å². The summed E-state index contributed by atoms with van der Waals surface area (Å²) >= 11 is 0. The Morgan fingerprint density at radius 2 is 1.90 bits per heavy atom. The molecule has 3 N–H and O–H groups in total. The summed E-state index contributed by atoms with van der Waals surface area (Å²) in [5, 5.41) is 17.0. The fourth-order valence-corrected chi connectivity index (χ4v) is 3.75. The lowest BCUT2D eigenvalue weighted by atomic mass is 9.95. The van der Waals surface area contributed by atoms with Gasteiger partial charge in [-0.3, -0.25) is 4.79 Å². The van der Waals surface area contributed by atoms with Crippen molar-refractivity contribution in [1.29, 1.82) is 0 Å². The van der Waals surface area contributed by atoms with E-state index in [-0.39, 0.29) is 11.7 Å². The van der Waals surface area contributed by atoms with Crippen LogP contribution in [0.25, 0.3) is 11.3 Å². The minimum Gasteiger partial charge on any atom is -0.507 e. The molecule has 0 saturated carbocycles. The summed E-state index contributed by atoms with van der Waals surface area (Å²) in [5.41, 5.74) is 3.70. The second-order valence-electron chi connectivity index (χ2n) is 7.96. The van der Waals surface area contributed by atoms with Gasteiger partial charge in [-0.1, -0.05) is 12.1 Å². The Kier molecular flexibility index (Phi) is 6.13. The molecule has 1 aliphatic heterocycles. The van der Waals surface area contributed by atoms with Crippen LogP contribution in [0.3, 0.4) is 0 Å². The number of amides is 1. The first-order valence-electron chi connectivity index (χ1n) is 10.5. The molecule has 7 nitrogen and oxygen atoms in total. The van der Waals surface area contributed by atoms with E-state index in [1.807, 2.05) is 30.3 Å². The van der Waals surface area contributed by atoms with Crippen molar-refractivity contribution in [3.8, 4) is 17.0 Å². The topological polar surface area (TPSA) is 90.4 Å². The number of para-hydroxylation sites is 1. The lowest BCUT2D eigenvalue weighted by Gasteiger charge is -2.23. The van der Waals surface area contributed by atoms with Crippen molar-refractivity contribution >= 4 is 17.5 Å². The Morgan fingerprint density at radius 3 is 2.58 bits per heavy atom. The molecule has 31 heavy (non-hydrogen) atoms. The molecule has 3 aromatic rings. The molecule has 1 atom stereocenters. The Balaban J connectivity index is 1.67. The molecule has 1 aromatic heterocycles. The van der Waals surface area contributed by atoms with E-state index >= 15 is 0 Å². The number of nitrogens with one attached hydrogen (secondary N) is 2. The van der Waals surface area contributed by atoms with Crippen LogP contribution in [0.5, 0.6) is 5.75 Å². The monoisotopic (exact) mass is 417 g/mol. The maximum atomic E-state index is 12.1. The highest BCUT2D eigenvalue weighted by Gasteiger charge is 2.20. The van der Waals surface area contributed by atoms with Crippen molar-refractivity contribution in [2.45, 2.75) is 18.8 Å². The smallest absolute Gasteiger partial charge is 0.253 e. The third-order valence-corrected chi connectivity index (χ3v) is 5.44. The fraction of sp³-hybridized carbons (Fsp3) is 0.292. The molecule has 0 radical (unpaired) electrons. The van der Waals surface area contributed by atoms with Gasteiger partial charge in [0.15, 0.2) is 0 Å². The van der Waals surface area contributed by atoms with Gasteiger partial charge in [0, 0.05) is 43.4 Å². The van der Waals surface area contributed by atoms with Crippen LogP contribution in [-0.4, -0.2) is 53.1 Å². The summed E-state index contributed by atoms with van der Waals surface area (Å²) in [7, 11) is 3.46. The number of nitrogens with zero attached hydrogens (tertiary/aromatic N) is 3. The molecule has 1 aliphatic rings. The van der Waals surface area contributed by atoms with Crippen LogP contribution in [0.4, 0.5) is 11.6 Å². The molecule has 7 heteroatoms.